The minimum absolute atomic E-state index is 0.449. The second-order valence-electron chi connectivity index (χ2n) is 7.18. The van der Waals surface area contributed by atoms with Crippen LogP contribution in [0.1, 0.15) is 64.2 Å². The van der Waals surface area contributed by atoms with Gasteiger partial charge in [0.2, 0.25) is 5.91 Å². The molecule has 1 amide bonds. The molecule has 3 fully saturated rings. The lowest BCUT2D eigenvalue weighted by molar-refractivity contribution is -0.132. The lowest BCUT2D eigenvalue weighted by atomic mass is 9.88. The summed E-state index contributed by atoms with van der Waals surface area (Å²) >= 11 is 0. The molecule has 1 saturated heterocycles. The van der Waals surface area contributed by atoms with E-state index in [0.29, 0.717) is 11.9 Å². The number of nitrogens with one attached hydrogen (secondary N) is 1. The van der Waals surface area contributed by atoms with Crippen molar-refractivity contribution in [3.8, 4) is 0 Å². The van der Waals surface area contributed by atoms with Crippen LogP contribution in [0, 0.1) is 11.8 Å². The SMILES string of the molecule is O=C(CCC1CCNC1)N(CC1CCCCC1)C1CC1. The van der Waals surface area contributed by atoms with Crippen LogP contribution >= 0.6 is 0 Å². The molecule has 3 nitrogen and oxygen atoms in total. The number of carbonyl (C=O) groups is 1. The minimum atomic E-state index is 0.449. The highest BCUT2D eigenvalue weighted by atomic mass is 16.2. The Kier molecular flexibility index (Phi) is 4.98. The Balaban J connectivity index is 1.46. The first-order valence-electron chi connectivity index (χ1n) is 8.83. The maximum Gasteiger partial charge on any atom is 0.222 e. The Hall–Kier alpha value is -0.570. The predicted octanol–water partition coefficient (Wildman–Crippen LogP) is 2.95. The molecule has 114 valence electrons. The third kappa shape index (κ3) is 3.97. The van der Waals surface area contributed by atoms with Crippen molar-refractivity contribution in [2.45, 2.75) is 70.3 Å². The van der Waals surface area contributed by atoms with Gasteiger partial charge in [0.15, 0.2) is 0 Å². The fourth-order valence-electron chi connectivity index (χ4n) is 3.92. The van der Waals surface area contributed by atoms with E-state index in [0.717, 1.165) is 44.3 Å². The Morgan fingerprint density at radius 1 is 1.00 bits per heavy atom. The molecule has 0 radical (unpaired) electrons. The summed E-state index contributed by atoms with van der Waals surface area (Å²) < 4.78 is 0. The van der Waals surface area contributed by atoms with Crippen molar-refractivity contribution in [3.63, 3.8) is 0 Å². The molecule has 1 aliphatic heterocycles. The first-order valence-corrected chi connectivity index (χ1v) is 8.83. The van der Waals surface area contributed by atoms with Crippen molar-refractivity contribution in [3.05, 3.63) is 0 Å². The zero-order valence-corrected chi connectivity index (χ0v) is 12.8. The number of nitrogens with zero attached hydrogens (tertiary/aromatic N) is 1. The fraction of sp³-hybridized carbons (Fsp3) is 0.941. The van der Waals surface area contributed by atoms with Crippen LogP contribution in [0.2, 0.25) is 0 Å². The number of hydrogen-bond acceptors (Lipinski definition) is 2. The first-order chi connectivity index (χ1) is 9.83. The molecule has 0 aromatic heterocycles. The van der Waals surface area contributed by atoms with Crippen LogP contribution in [0.3, 0.4) is 0 Å². The molecular formula is C17H30N2O. The van der Waals surface area contributed by atoms with Crippen molar-refractivity contribution >= 4 is 5.91 Å². The third-order valence-corrected chi connectivity index (χ3v) is 5.42. The van der Waals surface area contributed by atoms with Crippen LogP contribution in [0.25, 0.3) is 0 Å². The summed E-state index contributed by atoms with van der Waals surface area (Å²) in [6.45, 7) is 3.33. The van der Waals surface area contributed by atoms with Crippen LogP contribution in [-0.2, 0) is 4.79 Å². The lowest BCUT2D eigenvalue weighted by Gasteiger charge is -2.30. The molecule has 3 rings (SSSR count). The summed E-state index contributed by atoms with van der Waals surface area (Å²) in [5.41, 5.74) is 0. The molecule has 1 heterocycles. The van der Waals surface area contributed by atoms with Crippen LogP contribution < -0.4 is 5.32 Å². The third-order valence-electron chi connectivity index (χ3n) is 5.42. The molecule has 1 atom stereocenters. The predicted molar refractivity (Wildman–Crippen MR) is 81.5 cm³/mol. The van der Waals surface area contributed by atoms with E-state index in [9.17, 15) is 4.79 Å². The van der Waals surface area contributed by atoms with E-state index in [4.69, 9.17) is 0 Å². The smallest absolute Gasteiger partial charge is 0.222 e. The topological polar surface area (TPSA) is 32.3 Å². The highest BCUT2D eigenvalue weighted by molar-refractivity contribution is 5.76. The average molecular weight is 278 g/mol. The Labute approximate surface area is 123 Å². The van der Waals surface area contributed by atoms with Gasteiger partial charge >= 0.3 is 0 Å². The number of hydrogen-bond donors (Lipinski definition) is 1. The van der Waals surface area contributed by atoms with E-state index in [1.54, 1.807) is 0 Å². The Bertz CT molecular complexity index is 315. The Morgan fingerprint density at radius 3 is 2.45 bits per heavy atom. The molecule has 3 aliphatic rings. The molecule has 0 aromatic carbocycles. The second-order valence-corrected chi connectivity index (χ2v) is 7.18. The van der Waals surface area contributed by atoms with Gasteiger partial charge in [-0.3, -0.25) is 4.79 Å². The zero-order chi connectivity index (χ0) is 13.8. The lowest BCUT2D eigenvalue weighted by Crippen LogP contribution is -2.37. The van der Waals surface area contributed by atoms with Gasteiger partial charge < -0.3 is 10.2 Å². The summed E-state index contributed by atoms with van der Waals surface area (Å²) in [6, 6.07) is 0.603. The summed E-state index contributed by atoms with van der Waals surface area (Å²) in [7, 11) is 0. The van der Waals surface area contributed by atoms with Gasteiger partial charge in [0.05, 0.1) is 0 Å². The van der Waals surface area contributed by atoms with Gasteiger partial charge in [0, 0.05) is 19.0 Å². The maximum atomic E-state index is 12.6. The van der Waals surface area contributed by atoms with Crippen LogP contribution in [-0.4, -0.2) is 36.5 Å². The molecule has 2 aliphatic carbocycles. The molecule has 2 saturated carbocycles. The first kappa shape index (κ1) is 14.4. The molecule has 0 bridgehead atoms. The molecule has 1 unspecified atom stereocenters. The molecule has 20 heavy (non-hydrogen) atoms. The van der Waals surface area contributed by atoms with E-state index in [1.807, 2.05) is 0 Å². The van der Waals surface area contributed by atoms with E-state index >= 15 is 0 Å². The van der Waals surface area contributed by atoms with E-state index < -0.39 is 0 Å². The van der Waals surface area contributed by atoms with E-state index in [2.05, 4.69) is 10.2 Å². The fourth-order valence-corrected chi connectivity index (χ4v) is 3.92. The van der Waals surface area contributed by atoms with Crippen molar-refractivity contribution in [1.82, 2.24) is 10.2 Å². The van der Waals surface area contributed by atoms with E-state index in [-0.39, 0.29) is 0 Å². The maximum absolute atomic E-state index is 12.6. The van der Waals surface area contributed by atoms with E-state index in [1.165, 1.54) is 51.4 Å². The van der Waals surface area contributed by atoms with Crippen LogP contribution in [0.4, 0.5) is 0 Å². The van der Waals surface area contributed by atoms with Crippen LogP contribution in [0.15, 0.2) is 0 Å². The molecule has 1 N–H and O–H groups in total. The van der Waals surface area contributed by atoms with Crippen LogP contribution in [0.5, 0.6) is 0 Å². The van der Waals surface area contributed by atoms with Crippen molar-refractivity contribution in [2.75, 3.05) is 19.6 Å². The summed E-state index contributed by atoms with van der Waals surface area (Å²) in [5, 5.41) is 3.40. The van der Waals surface area contributed by atoms with Gasteiger partial charge in [-0.2, -0.15) is 0 Å². The summed E-state index contributed by atoms with van der Waals surface area (Å²) in [5.74, 6) is 1.99. The van der Waals surface area contributed by atoms with Gasteiger partial charge in [-0.25, -0.2) is 0 Å². The summed E-state index contributed by atoms with van der Waals surface area (Å²) in [6.07, 6.45) is 12.5. The van der Waals surface area contributed by atoms with Crippen molar-refractivity contribution < 1.29 is 4.79 Å². The largest absolute Gasteiger partial charge is 0.339 e. The quantitative estimate of drug-likeness (QED) is 0.810. The highest BCUT2D eigenvalue weighted by Crippen LogP contribution is 2.32. The van der Waals surface area contributed by atoms with Gasteiger partial charge in [0.25, 0.3) is 0 Å². The number of carbonyl (C=O) groups excluding carboxylic acids is 1. The molecule has 0 spiro atoms. The average Bonchev–Trinajstić information content (AvgIpc) is 3.19. The van der Waals surface area contributed by atoms with Gasteiger partial charge in [0.1, 0.15) is 0 Å². The van der Waals surface area contributed by atoms with Crippen molar-refractivity contribution in [1.29, 1.82) is 0 Å². The Morgan fingerprint density at radius 2 is 1.80 bits per heavy atom. The minimum Gasteiger partial charge on any atom is -0.339 e. The molecule has 3 heteroatoms. The van der Waals surface area contributed by atoms with Gasteiger partial charge in [-0.15, -0.1) is 0 Å². The summed E-state index contributed by atoms with van der Waals surface area (Å²) in [4.78, 5) is 14.8. The monoisotopic (exact) mass is 278 g/mol. The zero-order valence-electron chi connectivity index (χ0n) is 12.8. The highest BCUT2D eigenvalue weighted by Gasteiger charge is 2.34. The number of amides is 1. The van der Waals surface area contributed by atoms with Gasteiger partial charge in [-0.1, -0.05) is 19.3 Å². The van der Waals surface area contributed by atoms with Crippen molar-refractivity contribution in [2.24, 2.45) is 11.8 Å². The molecule has 0 aromatic rings. The molecular weight excluding hydrogens is 248 g/mol. The second kappa shape index (κ2) is 6.93. The standard InChI is InChI=1S/C17H30N2O/c20-17(9-6-14-10-11-18-12-14)19(16-7-8-16)13-15-4-2-1-3-5-15/h14-16,18H,1-13H2. The van der Waals surface area contributed by atoms with Gasteiger partial charge in [-0.05, 0) is 63.5 Å². The number of rotatable bonds is 6. The normalized spacial score (nSPS) is 27.7.